The molecule has 1 heterocycles. The van der Waals surface area contributed by atoms with Gasteiger partial charge in [-0.05, 0) is 37.0 Å². The van der Waals surface area contributed by atoms with Gasteiger partial charge in [-0.1, -0.05) is 19.1 Å². The normalized spacial score (nSPS) is 23.2. The Labute approximate surface area is 108 Å². The van der Waals surface area contributed by atoms with Crippen molar-refractivity contribution in [2.45, 2.75) is 32.9 Å². The topological polar surface area (TPSA) is 58.4 Å². The van der Waals surface area contributed by atoms with Gasteiger partial charge in [0.2, 0.25) is 0 Å². The number of benzene rings is 1. The molecule has 1 aromatic carbocycles. The first kappa shape index (κ1) is 12.9. The molecule has 18 heavy (non-hydrogen) atoms. The van der Waals surface area contributed by atoms with Gasteiger partial charge in [0.25, 0.3) is 0 Å². The summed E-state index contributed by atoms with van der Waals surface area (Å²) in [7, 11) is 0. The van der Waals surface area contributed by atoms with Gasteiger partial charge < -0.3 is 16.0 Å². The van der Waals surface area contributed by atoms with Gasteiger partial charge in [-0.15, -0.1) is 0 Å². The summed E-state index contributed by atoms with van der Waals surface area (Å²) in [6, 6.07) is 7.97. The van der Waals surface area contributed by atoms with Crippen LogP contribution < -0.4 is 11.1 Å². The van der Waals surface area contributed by atoms with E-state index in [0.717, 1.165) is 24.2 Å². The van der Waals surface area contributed by atoms with E-state index in [1.807, 2.05) is 29.2 Å². The van der Waals surface area contributed by atoms with E-state index < -0.39 is 0 Å². The number of nitrogens with one attached hydrogen (secondary N) is 1. The Hall–Kier alpha value is -1.55. The van der Waals surface area contributed by atoms with Gasteiger partial charge in [0.05, 0.1) is 0 Å². The largest absolute Gasteiger partial charge is 0.326 e. The third-order valence-electron chi connectivity index (χ3n) is 3.49. The molecule has 2 unspecified atom stereocenters. The number of rotatable bonds is 2. The molecule has 1 fully saturated rings. The highest BCUT2D eigenvalue weighted by molar-refractivity contribution is 5.89. The third-order valence-corrected chi connectivity index (χ3v) is 3.49. The lowest BCUT2D eigenvalue weighted by atomic mass is 10.1. The molecule has 3 N–H and O–H groups in total. The van der Waals surface area contributed by atoms with Crippen LogP contribution in [-0.4, -0.2) is 23.5 Å². The van der Waals surface area contributed by atoms with Crippen LogP contribution in [0, 0.1) is 5.92 Å². The fraction of sp³-hybridized carbons (Fsp3) is 0.500. The van der Waals surface area contributed by atoms with Crippen LogP contribution in [-0.2, 0) is 6.54 Å². The Kier molecular flexibility index (Phi) is 3.87. The maximum Gasteiger partial charge on any atom is 0.322 e. The lowest BCUT2D eigenvalue weighted by Gasteiger charge is -2.22. The van der Waals surface area contributed by atoms with E-state index in [1.54, 1.807) is 0 Å². The molecule has 98 valence electrons. The van der Waals surface area contributed by atoms with E-state index in [1.165, 1.54) is 0 Å². The molecule has 0 aromatic heterocycles. The fourth-order valence-electron chi connectivity index (χ4n) is 2.50. The SMILES string of the molecule is CC1CC(C)N(C(=O)Nc2ccc(CN)cc2)C1. The lowest BCUT2D eigenvalue weighted by molar-refractivity contribution is 0.209. The zero-order valence-corrected chi connectivity index (χ0v) is 11.0. The second-order valence-electron chi connectivity index (χ2n) is 5.17. The van der Waals surface area contributed by atoms with Crippen molar-refractivity contribution < 1.29 is 4.79 Å². The number of anilines is 1. The highest BCUT2D eigenvalue weighted by atomic mass is 16.2. The number of nitrogens with zero attached hydrogens (tertiary/aromatic N) is 1. The van der Waals surface area contributed by atoms with Crippen molar-refractivity contribution in [1.29, 1.82) is 0 Å². The molecule has 1 aliphatic rings. The first-order valence-electron chi connectivity index (χ1n) is 6.46. The molecule has 4 heteroatoms. The van der Waals surface area contributed by atoms with E-state index in [9.17, 15) is 4.79 Å². The van der Waals surface area contributed by atoms with Crippen molar-refractivity contribution >= 4 is 11.7 Å². The van der Waals surface area contributed by atoms with E-state index in [-0.39, 0.29) is 6.03 Å². The first-order chi connectivity index (χ1) is 8.60. The average Bonchev–Trinajstić information content (AvgIpc) is 2.69. The van der Waals surface area contributed by atoms with Gasteiger partial charge in [-0.3, -0.25) is 0 Å². The van der Waals surface area contributed by atoms with Crippen LogP contribution in [0.3, 0.4) is 0 Å². The third kappa shape index (κ3) is 2.82. The quantitative estimate of drug-likeness (QED) is 0.843. The Balaban J connectivity index is 1.98. The number of likely N-dealkylation sites (tertiary alicyclic amines) is 1. The van der Waals surface area contributed by atoms with Crippen LogP contribution in [0.2, 0.25) is 0 Å². The number of nitrogens with two attached hydrogens (primary N) is 1. The molecule has 0 radical (unpaired) electrons. The molecule has 0 spiro atoms. The molecule has 2 amide bonds. The maximum absolute atomic E-state index is 12.1. The molecule has 1 saturated heterocycles. The average molecular weight is 247 g/mol. The van der Waals surface area contributed by atoms with Gasteiger partial charge in [0, 0.05) is 24.8 Å². The van der Waals surface area contributed by atoms with Crippen molar-refractivity contribution in [3.05, 3.63) is 29.8 Å². The highest BCUT2D eigenvalue weighted by Gasteiger charge is 2.29. The summed E-state index contributed by atoms with van der Waals surface area (Å²) in [5.41, 5.74) is 7.43. The smallest absolute Gasteiger partial charge is 0.322 e. The van der Waals surface area contributed by atoms with E-state index in [4.69, 9.17) is 5.73 Å². The van der Waals surface area contributed by atoms with Gasteiger partial charge in [0.1, 0.15) is 0 Å². The van der Waals surface area contributed by atoms with Crippen molar-refractivity contribution in [2.75, 3.05) is 11.9 Å². The lowest BCUT2D eigenvalue weighted by Crippen LogP contribution is -2.37. The fourth-order valence-corrected chi connectivity index (χ4v) is 2.50. The summed E-state index contributed by atoms with van der Waals surface area (Å²) in [5, 5.41) is 2.93. The first-order valence-corrected chi connectivity index (χ1v) is 6.46. The second kappa shape index (κ2) is 5.40. The molecule has 1 aromatic rings. The zero-order chi connectivity index (χ0) is 13.1. The zero-order valence-electron chi connectivity index (χ0n) is 11.0. The van der Waals surface area contributed by atoms with Gasteiger partial charge in [0.15, 0.2) is 0 Å². The van der Waals surface area contributed by atoms with Crippen LogP contribution in [0.5, 0.6) is 0 Å². The Bertz CT molecular complexity index is 416. The van der Waals surface area contributed by atoms with E-state index in [2.05, 4.69) is 19.2 Å². The van der Waals surface area contributed by atoms with Crippen molar-refractivity contribution in [2.24, 2.45) is 11.7 Å². The Morgan fingerprint density at radius 1 is 1.39 bits per heavy atom. The van der Waals surface area contributed by atoms with Crippen LogP contribution in [0.25, 0.3) is 0 Å². The molecule has 0 saturated carbocycles. The maximum atomic E-state index is 12.1. The molecule has 1 aliphatic heterocycles. The predicted molar refractivity (Wildman–Crippen MR) is 73.3 cm³/mol. The minimum absolute atomic E-state index is 0.00708. The van der Waals surface area contributed by atoms with Crippen molar-refractivity contribution in [3.63, 3.8) is 0 Å². The van der Waals surface area contributed by atoms with Crippen LogP contribution in [0.1, 0.15) is 25.8 Å². The summed E-state index contributed by atoms with van der Waals surface area (Å²) >= 11 is 0. The molecular formula is C14H21N3O. The Morgan fingerprint density at radius 2 is 2.06 bits per heavy atom. The molecule has 0 aliphatic carbocycles. The summed E-state index contributed by atoms with van der Waals surface area (Å²) in [5.74, 6) is 0.588. The molecule has 2 atom stereocenters. The number of hydrogen-bond acceptors (Lipinski definition) is 2. The molecule has 4 nitrogen and oxygen atoms in total. The standard InChI is InChI=1S/C14H21N3O/c1-10-7-11(2)17(9-10)14(18)16-13-5-3-12(8-15)4-6-13/h3-6,10-11H,7-9,15H2,1-2H3,(H,16,18). The van der Waals surface area contributed by atoms with Crippen LogP contribution in [0.4, 0.5) is 10.5 Å². The van der Waals surface area contributed by atoms with Crippen molar-refractivity contribution in [1.82, 2.24) is 4.90 Å². The summed E-state index contributed by atoms with van der Waals surface area (Å²) in [4.78, 5) is 14.0. The number of carbonyl (C=O) groups excluding carboxylic acids is 1. The molecule has 2 rings (SSSR count). The summed E-state index contributed by atoms with van der Waals surface area (Å²) < 4.78 is 0. The summed E-state index contributed by atoms with van der Waals surface area (Å²) in [6.45, 7) is 5.64. The second-order valence-corrected chi connectivity index (χ2v) is 5.17. The predicted octanol–water partition coefficient (Wildman–Crippen LogP) is 2.41. The van der Waals surface area contributed by atoms with E-state index >= 15 is 0 Å². The number of urea groups is 1. The molecule has 0 bridgehead atoms. The summed E-state index contributed by atoms with van der Waals surface area (Å²) in [6.07, 6.45) is 1.08. The van der Waals surface area contributed by atoms with Crippen LogP contribution in [0.15, 0.2) is 24.3 Å². The Morgan fingerprint density at radius 3 is 2.56 bits per heavy atom. The monoisotopic (exact) mass is 247 g/mol. The van der Waals surface area contributed by atoms with Gasteiger partial charge in [-0.25, -0.2) is 4.79 Å². The van der Waals surface area contributed by atoms with Gasteiger partial charge >= 0.3 is 6.03 Å². The number of amides is 2. The van der Waals surface area contributed by atoms with Crippen molar-refractivity contribution in [3.8, 4) is 0 Å². The minimum atomic E-state index is -0.00708. The minimum Gasteiger partial charge on any atom is -0.326 e. The highest BCUT2D eigenvalue weighted by Crippen LogP contribution is 2.23. The van der Waals surface area contributed by atoms with Crippen LogP contribution >= 0.6 is 0 Å². The number of carbonyl (C=O) groups is 1. The number of hydrogen-bond donors (Lipinski definition) is 2. The van der Waals surface area contributed by atoms with E-state index in [0.29, 0.717) is 18.5 Å². The van der Waals surface area contributed by atoms with Gasteiger partial charge in [-0.2, -0.15) is 0 Å². The molecular weight excluding hydrogens is 226 g/mol.